The van der Waals surface area contributed by atoms with Crippen molar-refractivity contribution in [1.82, 2.24) is 4.90 Å². The Bertz CT molecular complexity index is 174. The second kappa shape index (κ2) is 5.83. The van der Waals surface area contributed by atoms with Crippen LogP contribution in [0.1, 0.15) is 25.7 Å². The van der Waals surface area contributed by atoms with Gasteiger partial charge >= 0.3 is 0 Å². The first-order chi connectivity index (χ1) is 7.40. The zero-order valence-electron chi connectivity index (χ0n) is 9.53. The average molecular weight is 213 g/mol. The van der Waals surface area contributed by atoms with Crippen LogP contribution < -0.4 is 0 Å². The van der Waals surface area contributed by atoms with Gasteiger partial charge in [-0.15, -0.1) is 0 Å². The summed E-state index contributed by atoms with van der Waals surface area (Å²) >= 11 is 0. The molecule has 0 bridgehead atoms. The number of hydrogen-bond donors (Lipinski definition) is 1. The van der Waals surface area contributed by atoms with Crippen LogP contribution in [0, 0.1) is 11.8 Å². The highest BCUT2D eigenvalue weighted by Gasteiger charge is 2.26. The van der Waals surface area contributed by atoms with Crippen molar-refractivity contribution in [3.8, 4) is 0 Å². The van der Waals surface area contributed by atoms with Gasteiger partial charge in [0, 0.05) is 26.4 Å². The smallest absolute Gasteiger partial charge is 0.0474 e. The second-order valence-electron chi connectivity index (χ2n) is 4.90. The maximum atomic E-state index is 9.47. The number of nitrogens with zero attached hydrogens (tertiary/aromatic N) is 1. The van der Waals surface area contributed by atoms with Crippen molar-refractivity contribution >= 4 is 0 Å². The fourth-order valence-corrected chi connectivity index (χ4v) is 2.84. The lowest BCUT2D eigenvalue weighted by Crippen LogP contribution is -2.35. The van der Waals surface area contributed by atoms with Gasteiger partial charge in [0.25, 0.3) is 0 Å². The Morgan fingerprint density at radius 2 is 1.87 bits per heavy atom. The van der Waals surface area contributed by atoms with Crippen molar-refractivity contribution in [2.45, 2.75) is 25.7 Å². The standard InChI is InChI=1S/C12H23NO2/c14-10-12(9-13-5-1-2-6-13)11-3-7-15-8-4-11/h11-12,14H,1-10H2. The highest BCUT2D eigenvalue weighted by molar-refractivity contribution is 4.77. The van der Waals surface area contributed by atoms with Crippen LogP contribution >= 0.6 is 0 Å². The molecule has 2 rings (SSSR count). The number of likely N-dealkylation sites (tertiary alicyclic amines) is 1. The molecule has 1 unspecified atom stereocenters. The molecule has 88 valence electrons. The molecule has 0 aromatic rings. The Balaban J connectivity index is 1.79. The predicted octanol–water partition coefficient (Wildman–Crippen LogP) is 1.12. The summed E-state index contributed by atoms with van der Waals surface area (Å²) in [5.41, 5.74) is 0. The molecule has 2 saturated heterocycles. The van der Waals surface area contributed by atoms with E-state index in [1.165, 1.54) is 25.9 Å². The lowest BCUT2D eigenvalue weighted by atomic mass is 9.86. The molecule has 0 aliphatic carbocycles. The predicted molar refractivity (Wildman–Crippen MR) is 59.8 cm³/mol. The minimum absolute atomic E-state index is 0.348. The Morgan fingerprint density at radius 1 is 1.20 bits per heavy atom. The van der Waals surface area contributed by atoms with Gasteiger partial charge in [0.05, 0.1) is 0 Å². The molecule has 2 aliphatic heterocycles. The van der Waals surface area contributed by atoms with E-state index in [4.69, 9.17) is 4.74 Å². The first kappa shape index (κ1) is 11.4. The van der Waals surface area contributed by atoms with Crippen molar-refractivity contribution in [3.05, 3.63) is 0 Å². The van der Waals surface area contributed by atoms with Gasteiger partial charge < -0.3 is 14.7 Å². The normalized spacial score (nSPS) is 27.0. The lowest BCUT2D eigenvalue weighted by molar-refractivity contribution is 0.0247. The Hall–Kier alpha value is -0.120. The van der Waals surface area contributed by atoms with Gasteiger partial charge in [0.1, 0.15) is 0 Å². The molecular weight excluding hydrogens is 190 g/mol. The third-order valence-electron chi connectivity index (χ3n) is 3.86. The van der Waals surface area contributed by atoms with E-state index in [9.17, 15) is 5.11 Å². The number of hydrogen-bond acceptors (Lipinski definition) is 3. The van der Waals surface area contributed by atoms with E-state index >= 15 is 0 Å². The number of ether oxygens (including phenoxy) is 1. The Kier molecular flexibility index (Phi) is 4.42. The average Bonchev–Trinajstić information content (AvgIpc) is 2.80. The quantitative estimate of drug-likeness (QED) is 0.759. The summed E-state index contributed by atoms with van der Waals surface area (Å²) in [5, 5.41) is 9.47. The van der Waals surface area contributed by atoms with E-state index in [2.05, 4.69) is 4.90 Å². The van der Waals surface area contributed by atoms with Crippen LogP contribution in [0.5, 0.6) is 0 Å². The van der Waals surface area contributed by atoms with Crippen molar-refractivity contribution < 1.29 is 9.84 Å². The lowest BCUT2D eigenvalue weighted by Gasteiger charge is -2.31. The topological polar surface area (TPSA) is 32.7 Å². The zero-order chi connectivity index (χ0) is 10.5. The SMILES string of the molecule is OCC(CN1CCCC1)C1CCOCC1. The van der Waals surface area contributed by atoms with Crippen molar-refractivity contribution in [3.63, 3.8) is 0 Å². The molecular formula is C12H23NO2. The van der Waals surface area contributed by atoms with E-state index in [0.29, 0.717) is 18.4 Å². The number of aliphatic hydroxyl groups excluding tert-OH is 1. The van der Waals surface area contributed by atoms with E-state index in [1.54, 1.807) is 0 Å². The molecule has 0 amide bonds. The molecule has 3 heteroatoms. The van der Waals surface area contributed by atoms with Crippen LogP contribution in [0.4, 0.5) is 0 Å². The first-order valence-corrected chi connectivity index (χ1v) is 6.31. The molecule has 0 aromatic heterocycles. The van der Waals surface area contributed by atoms with E-state index < -0.39 is 0 Å². The molecule has 0 saturated carbocycles. The molecule has 1 N–H and O–H groups in total. The van der Waals surface area contributed by atoms with Gasteiger partial charge in [-0.2, -0.15) is 0 Å². The molecule has 0 aromatic carbocycles. The molecule has 0 spiro atoms. The molecule has 1 atom stereocenters. The molecule has 2 fully saturated rings. The molecule has 3 nitrogen and oxygen atoms in total. The minimum atomic E-state index is 0.348. The molecule has 2 aliphatic rings. The summed E-state index contributed by atoms with van der Waals surface area (Å²) in [6, 6.07) is 0. The molecule has 15 heavy (non-hydrogen) atoms. The summed E-state index contributed by atoms with van der Waals surface area (Å²) in [6.45, 7) is 5.70. The van der Waals surface area contributed by atoms with Crippen molar-refractivity contribution in [2.75, 3.05) is 39.5 Å². The largest absolute Gasteiger partial charge is 0.396 e. The zero-order valence-corrected chi connectivity index (χ0v) is 9.53. The third-order valence-corrected chi connectivity index (χ3v) is 3.86. The van der Waals surface area contributed by atoms with Gasteiger partial charge in [0.15, 0.2) is 0 Å². The van der Waals surface area contributed by atoms with Gasteiger partial charge in [-0.05, 0) is 50.6 Å². The maximum absolute atomic E-state index is 9.47. The van der Waals surface area contributed by atoms with E-state index in [0.717, 1.165) is 32.6 Å². The minimum Gasteiger partial charge on any atom is -0.396 e. The Morgan fingerprint density at radius 3 is 2.47 bits per heavy atom. The molecule has 2 heterocycles. The fourth-order valence-electron chi connectivity index (χ4n) is 2.84. The van der Waals surface area contributed by atoms with Gasteiger partial charge in [-0.25, -0.2) is 0 Å². The van der Waals surface area contributed by atoms with E-state index in [-0.39, 0.29) is 0 Å². The summed E-state index contributed by atoms with van der Waals surface area (Å²) in [6.07, 6.45) is 4.95. The summed E-state index contributed by atoms with van der Waals surface area (Å²) < 4.78 is 5.37. The molecule has 0 radical (unpaired) electrons. The van der Waals surface area contributed by atoms with Crippen LogP contribution in [0.3, 0.4) is 0 Å². The number of aliphatic hydroxyl groups is 1. The number of rotatable bonds is 4. The fraction of sp³-hybridized carbons (Fsp3) is 1.00. The van der Waals surface area contributed by atoms with Gasteiger partial charge in [-0.1, -0.05) is 0 Å². The first-order valence-electron chi connectivity index (χ1n) is 6.31. The van der Waals surface area contributed by atoms with Crippen LogP contribution in [0.25, 0.3) is 0 Å². The third kappa shape index (κ3) is 3.16. The second-order valence-corrected chi connectivity index (χ2v) is 4.90. The summed E-state index contributed by atoms with van der Waals surface area (Å²) in [5.74, 6) is 1.16. The Labute approximate surface area is 92.4 Å². The van der Waals surface area contributed by atoms with Gasteiger partial charge in [-0.3, -0.25) is 0 Å². The van der Waals surface area contributed by atoms with Crippen molar-refractivity contribution in [1.29, 1.82) is 0 Å². The summed E-state index contributed by atoms with van der Waals surface area (Å²) in [4.78, 5) is 2.51. The van der Waals surface area contributed by atoms with E-state index in [1.807, 2.05) is 0 Å². The van der Waals surface area contributed by atoms with Crippen LogP contribution in [-0.2, 0) is 4.74 Å². The highest BCUT2D eigenvalue weighted by Crippen LogP contribution is 2.25. The maximum Gasteiger partial charge on any atom is 0.0474 e. The summed E-state index contributed by atoms with van der Waals surface area (Å²) in [7, 11) is 0. The monoisotopic (exact) mass is 213 g/mol. The highest BCUT2D eigenvalue weighted by atomic mass is 16.5. The van der Waals surface area contributed by atoms with Crippen molar-refractivity contribution in [2.24, 2.45) is 11.8 Å². The van der Waals surface area contributed by atoms with Crippen LogP contribution in [-0.4, -0.2) is 49.5 Å². The van der Waals surface area contributed by atoms with Gasteiger partial charge in [0.2, 0.25) is 0 Å². The van der Waals surface area contributed by atoms with Crippen LogP contribution in [0.2, 0.25) is 0 Å². The van der Waals surface area contributed by atoms with Crippen LogP contribution in [0.15, 0.2) is 0 Å².